The van der Waals surface area contributed by atoms with Crippen molar-refractivity contribution in [3.8, 4) is 11.3 Å². The van der Waals surface area contributed by atoms with Crippen LogP contribution in [0.4, 0.5) is 0 Å². The van der Waals surface area contributed by atoms with Crippen LogP contribution in [-0.4, -0.2) is 9.55 Å². The monoisotopic (exact) mass is 320 g/mol. The standard InChI is InChI=1S/C20H20N2S/c1-2-4-14(5-3-1)15-6-8-16(9-7-15)19-20-17(10-11-23-20)18-12-21-13-22(18)19/h1-5,10-13,15-16,19H,6-9H2/t15-,16-,19?. The number of fused-ring (bicyclic) bond motifs is 3. The van der Waals surface area contributed by atoms with Crippen molar-refractivity contribution < 1.29 is 0 Å². The fourth-order valence-electron chi connectivity index (χ4n) is 4.56. The molecule has 1 atom stereocenters. The second-order valence-corrected chi connectivity index (χ2v) is 7.80. The van der Waals surface area contributed by atoms with Crippen LogP contribution in [0.15, 0.2) is 54.3 Å². The summed E-state index contributed by atoms with van der Waals surface area (Å²) in [7, 11) is 0. The summed E-state index contributed by atoms with van der Waals surface area (Å²) >= 11 is 1.92. The predicted octanol–water partition coefficient (Wildman–Crippen LogP) is 5.49. The summed E-state index contributed by atoms with van der Waals surface area (Å²) in [6.45, 7) is 0. The Labute approximate surface area is 140 Å². The maximum absolute atomic E-state index is 4.40. The second kappa shape index (κ2) is 5.34. The van der Waals surface area contributed by atoms with Crippen LogP contribution in [0.1, 0.15) is 48.1 Å². The minimum absolute atomic E-state index is 0.527. The molecule has 1 aliphatic carbocycles. The molecule has 1 aromatic carbocycles. The van der Waals surface area contributed by atoms with E-state index in [1.807, 2.05) is 23.9 Å². The first-order valence-corrected chi connectivity index (χ1v) is 9.44. The minimum atomic E-state index is 0.527. The molecule has 2 aliphatic rings. The lowest BCUT2D eigenvalue weighted by Crippen LogP contribution is -2.22. The highest BCUT2D eigenvalue weighted by Gasteiger charge is 2.37. The molecule has 3 aromatic rings. The summed E-state index contributed by atoms with van der Waals surface area (Å²) in [5, 5.41) is 2.24. The van der Waals surface area contributed by atoms with Crippen molar-refractivity contribution in [1.82, 2.24) is 9.55 Å². The van der Waals surface area contributed by atoms with E-state index in [4.69, 9.17) is 0 Å². The van der Waals surface area contributed by atoms with Crippen LogP contribution in [0.5, 0.6) is 0 Å². The van der Waals surface area contributed by atoms with Crippen molar-refractivity contribution in [1.29, 1.82) is 0 Å². The van der Waals surface area contributed by atoms with Gasteiger partial charge in [0.05, 0.1) is 24.3 Å². The molecule has 0 bridgehead atoms. The number of hydrogen-bond acceptors (Lipinski definition) is 2. The van der Waals surface area contributed by atoms with E-state index in [-0.39, 0.29) is 0 Å². The molecule has 0 saturated heterocycles. The molecule has 1 saturated carbocycles. The van der Waals surface area contributed by atoms with E-state index in [2.05, 4.69) is 51.3 Å². The smallest absolute Gasteiger partial charge is 0.0957 e. The Morgan fingerprint density at radius 2 is 1.83 bits per heavy atom. The molecule has 3 heterocycles. The molecule has 5 rings (SSSR count). The van der Waals surface area contributed by atoms with Crippen LogP contribution in [0.25, 0.3) is 11.3 Å². The van der Waals surface area contributed by atoms with Crippen molar-refractivity contribution in [3.05, 3.63) is 64.7 Å². The van der Waals surface area contributed by atoms with Crippen LogP contribution >= 0.6 is 11.3 Å². The molecule has 1 fully saturated rings. The molecule has 1 unspecified atom stereocenters. The second-order valence-electron chi connectivity index (χ2n) is 6.85. The minimum Gasteiger partial charge on any atom is -0.322 e. The third kappa shape index (κ3) is 2.10. The van der Waals surface area contributed by atoms with Gasteiger partial charge in [0.1, 0.15) is 0 Å². The van der Waals surface area contributed by atoms with Crippen molar-refractivity contribution in [2.45, 2.75) is 37.6 Å². The highest BCUT2D eigenvalue weighted by Crippen LogP contribution is 2.50. The molecule has 2 aromatic heterocycles. The van der Waals surface area contributed by atoms with Gasteiger partial charge in [-0.3, -0.25) is 0 Å². The molecule has 0 spiro atoms. The Bertz CT molecular complexity index is 769. The first-order chi connectivity index (χ1) is 11.4. The quantitative estimate of drug-likeness (QED) is 0.610. The Morgan fingerprint density at radius 1 is 1.00 bits per heavy atom. The molecule has 0 radical (unpaired) electrons. The molecule has 0 N–H and O–H groups in total. The lowest BCUT2D eigenvalue weighted by Gasteiger charge is -2.33. The number of rotatable bonds is 2. The number of thiophene rings is 1. The topological polar surface area (TPSA) is 17.8 Å². The fraction of sp³-hybridized carbons (Fsp3) is 0.350. The first-order valence-electron chi connectivity index (χ1n) is 8.56. The van der Waals surface area contributed by atoms with Gasteiger partial charge in [-0.2, -0.15) is 0 Å². The molecule has 0 amide bonds. The van der Waals surface area contributed by atoms with E-state index in [0.717, 1.165) is 11.8 Å². The molecule has 23 heavy (non-hydrogen) atoms. The zero-order valence-corrected chi connectivity index (χ0v) is 13.9. The predicted molar refractivity (Wildman–Crippen MR) is 94.8 cm³/mol. The van der Waals surface area contributed by atoms with Gasteiger partial charge in [0.2, 0.25) is 0 Å². The van der Waals surface area contributed by atoms with Crippen LogP contribution < -0.4 is 0 Å². The Hall–Kier alpha value is -1.87. The molecule has 116 valence electrons. The van der Waals surface area contributed by atoms with Crippen molar-refractivity contribution in [2.24, 2.45) is 5.92 Å². The fourth-order valence-corrected chi connectivity index (χ4v) is 5.65. The maximum atomic E-state index is 4.40. The Balaban J connectivity index is 1.39. The van der Waals surface area contributed by atoms with Gasteiger partial charge in [0.25, 0.3) is 0 Å². The summed E-state index contributed by atoms with van der Waals surface area (Å²) < 4.78 is 2.43. The largest absolute Gasteiger partial charge is 0.322 e. The van der Waals surface area contributed by atoms with Crippen LogP contribution in [0, 0.1) is 5.92 Å². The van der Waals surface area contributed by atoms with Gasteiger partial charge in [-0.15, -0.1) is 11.3 Å². The Kier molecular flexibility index (Phi) is 3.15. The maximum Gasteiger partial charge on any atom is 0.0957 e. The van der Waals surface area contributed by atoms with Crippen LogP contribution in [0.3, 0.4) is 0 Å². The van der Waals surface area contributed by atoms with E-state index < -0.39 is 0 Å². The highest BCUT2D eigenvalue weighted by molar-refractivity contribution is 7.10. The normalized spacial score (nSPS) is 26.0. The van der Waals surface area contributed by atoms with Crippen LogP contribution in [0.2, 0.25) is 0 Å². The molecular formula is C20H20N2S. The number of benzene rings is 1. The van der Waals surface area contributed by atoms with Crippen LogP contribution in [-0.2, 0) is 0 Å². The van der Waals surface area contributed by atoms with Gasteiger partial charge < -0.3 is 4.57 Å². The molecule has 1 aliphatic heterocycles. The van der Waals surface area contributed by atoms with Gasteiger partial charge in [0, 0.05) is 10.4 Å². The molecule has 2 nitrogen and oxygen atoms in total. The average Bonchev–Trinajstić information content (AvgIpc) is 3.29. The summed E-state index contributed by atoms with van der Waals surface area (Å²) in [5.41, 5.74) is 4.26. The van der Waals surface area contributed by atoms with Crippen molar-refractivity contribution in [3.63, 3.8) is 0 Å². The first kappa shape index (κ1) is 13.6. The summed E-state index contributed by atoms with van der Waals surface area (Å²) in [4.78, 5) is 5.96. The van der Waals surface area contributed by atoms with E-state index in [0.29, 0.717) is 6.04 Å². The van der Waals surface area contributed by atoms with E-state index in [1.54, 1.807) is 4.88 Å². The zero-order chi connectivity index (χ0) is 15.2. The van der Waals surface area contributed by atoms with E-state index in [1.165, 1.54) is 42.5 Å². The summed E-state index contributed by atoms with van der Waals surface area (Å²) in [6, 6.07) is 13.9. The van der Waals surface area contributed by atoms with E-state index in [9.17, 15) is 0 Å². The average molecular weight is 320 g/mol. The number of hydrogen-bond donors (Lipinski definition) is 0. The lowest BCUT2D eigenvalue weighted by atomic mass is 9.76. The van der Waals surface area contributed by atoms with Gasteiger partial charge >= 0.3 is 0 Å². The van der Waals surface area contributed by atoms with Crippen molar-refractivity contribution >= 4 is 11.3 Å². The molecular weight excluding hydrogens is 300 g/mol. The Morgan fingerprint density at radius 3 is 2.65 bits per heavy atom. The third-order valence-corrected chi connectivity index (χ3v) is 6.68. The summed E-state index contributed by atoms with van der Waals surface area (Å²) in [6.07, 6.45) is 9.33. The van der Waals surface area contributed by atoms with Gasteiger partial charge in [-0.25, -0.2) is 4.98 Å². The van der Waals surface area contributed by atoms with Gasteiger partial charge in [0.15, 0.2) is 0 Å². The summed E-state index contributed by atoms with van der Waals surface area (Å²) in [5.74, 6) is 1.50. The zero-order valence-electron chi connectivity index (χ0n) is 13.1. The highest BCUT2D eigenvalue weighted by atomic mass is 32.1. The number of nitrogens with zero attached hydrogens (tertiary/aromatic N) is 2. The SMILES string of the molecule is c1ccc([C@H]2CC[C@H](C3c4sccc4-c4cncn43)CC2)cc1. The third-order valence-electron chi connectivity index (χ3n) is 5.69. The number of aromatic nitrogens is 2. The van der Waals surface area contributed by atoms with Crippen molar-refractivity contribution in [2.75, 3.05) is 0 Å². The van der Waals surface area contributed by atoms with Gasteiger partial charge in [-0.1, -0.05) is 30.3 Å². The van der Waals surface area contributed by atoms with Gasteiger partial charge in [-0.05, 0) is 54.5 Å². The lowest BCUT2D eigenvalue weighted by molar-refractivity contribution is 0.267. The number of imidazole rings is 1. The molecule has 3 heteroatoms. The van der Waals surface area contributed by atoms with E-state index >= 15 is 0 Å².